The number of sulfonamides is 1. The van der Waals surface area contributed by atoms with Crippen LogP contribution in [0.3, 0.4) is 0 Å². The van der Waals surface area contributed by atoms with Gasteiger partial charge in [0, 0.05) is 18.7 Å². The lowest BCUT2D eigenvalue weighted by Gasteiger charge is -2.12. The van der Waals surface area contributed by atoms with Crippen molar-refractivity contribution in [2.45, 2.75) is 31.1 Å². The average Bonchev–Trinajstić information content (AvgIpc) is 2.45. The van der Waals surface area contributed by atoms with Crippen molar-refractivity contribution in [3.63, 3.8) is 0 Å². The molecule has 1 unspecified atom stereocenters. The maximum absolute atomic E-state index is 11.6. The summed E-state index contributed by atoms with van der Waals surface area (Å²) in [5, 5.41) is 11.8. The van der Waals surface area contributed by atoms with Crippen LogP contribution in [0.4, 0.5) is 5.69 Å². The van der Waals surface area contributed by atoms with Crippen LogP contribution in [0.25, 0.3) is 0 Å². The Morgan fingerprint density at radius 1 is 1.24 bits per heavy atom. The van der Waals surface area contributed by atoms with Gasteiger partial charge in [0.1, 0.15) is 0 Å². The van der Waals surface area contributed by atoms with Crippen molar-refractivity contribution in [1.82, 2.24) is 4.72 Å². The Morgan fingerprint density at radius 2 is 1.86 bits per heavy atom. The zero-order valence-electron chi connectivity index (χ0n) is 12.3. The van der Waals surface area contributed by atoms with Crippen molar-refractivity contribution in [2.24, 2.45) is 5.92 Å². The topological polar surface area (TPSA) is 95.5 Å². The average molecular weight is 314 g/mol. The molecule has 0 aliphatic carbocycles. The predicted molar refractivity (Wildman–Crippen MR) is 81.8 cm³/mol. The Kier molecular flexibility index (Phi) is 6.64. The number of nitrogens with one attached hydrogen (secondary N) is 2. The van der Waals surface area contributed by atoms with Gasteiger partial charge in [-0.1, -0.05) is 6.92 Å². The van der Waals surface area contributed by atoms with Crippen LogP contribution in [0.5, 0.6) is 0 Å². The molecule has 1 aromatic rings. The van der Waals surface area contributed by atoms with Crippen LogP contribution >= 0.6 is 0 Å². The Bertz CT molecular complexity index is 555. The predicted octanol–water partition coefficient (Wildman–Crippen LogP) is 1.90. The Hall–Kier alpha value is -1.60. The van der Waals surface area contributed by atoms with Crippen molar-refractivity contribution >= 4 is 21.7 Å². The maximum Gasteiger partial charge on any atom is 0.303 e. The summed E-state index contributed by atoms with van der Waals surface area (Å²) in [7, 11) is -2.02. The lowest BCUT2D eigenvalue weighted by molar-refractivity contribution is -0.137. The molecule has 1 atom stereocenters. The van der Waals surface area contributed by atoms with Crippen LogP contribution in [-0.2, 0) is 14.8 Å². The highest BCUT2D eigenvalue weighted by Gasteiger charge is 2.10. The van der Waals surface area contributed by atoms with Gasteiger partial charge in [-0.3, -0.25) is 4.79 Å². The van der Waals surface area contributed by atoms with Crippen LogP contribution < -0.4 is 10.0 Å². The van der Waals surface area contributed by atoms with Gasteiger partial charge in [-0.2, -0.15) is 0 Å². The molecule has 0 fully saturated rings. The van der Waals surface area contributed by atoms with Gasteiger partial charge in [0.25, 0.3) is 0 Å². The summed E-state index contributed by atoms with van der Waals surface area (Å²) >= 11 is 0. The van der Waals surface area contributed by atoms with Crippen molar-refractivity contribution in [3.8, 4) is 0 Å². The minimum Gasteiger partial charge on any atom is -0.481 e. The molecular weight excluding hydrogens is 292 g/mol. The van der Waals surface area contributed by atoms with Crippen molar-refractivity contribution in [3.05, 3.63) is 24.3 Å². The van der Waals surface area contributed by atoms with E-state index in [-0.39, 0.29) is 11.3 Å². The van der Waals surface area contributed by atoms with E-state index in [2.05, 4.69) is 10.0 Å². The molecule has 1 aromatic carbocycles. The van der Waals surface area contributed by atoms with Crippen LogP contribution in [0, 0.1) is 5.92 Å². The first-order valence-corrected chi connectivity index (χ1v) is 8.32. The number of hydrogen-bond acceptors (Lipinski definition) is 4. The van der Waals surface area contributed by atoms with E-state index in [1.165, 1.54) is 7.05 Å². The molecule has 0 aromatic heterocycles. The maximum atomic E-state index is 11.6. The molecule has 1 rings (SSSR count). The van der Waals surface area contributed by atoms with E-state index in [4.69, 9.17) is 5.11 Å². The lowest BCUT2D eigenvalue weighted by atomic mass is 10.0. The van der Waals surface area contributed by atoms with Crippen molar-refractivity contribution < 1.29 is 18.3 Å². The molecular formula is C14H22N2O4S. The summed E-state index contributed by atoms with van der Waals surface area (Å²) in [6.45, 7) is 2.74. The number of carbonyl (C=O) groups is 1. The van der Waals surface area contributed by atoms with Crippen LogP contribution in [0.1, 0.15) is 26.2 Å². The third-order valence-corrected chi connectivity index (χ3v) is 4.68. The number of aliphatic carboxylic acids is 1. The van der Waals surface area contributed by atoms with E-state index in [1.807, 2.05) is 6.92 Å². The standard InChI is InChI=1S/C14H22N2O4S/c1-11(3-8-14(17)18)9-10-16-12-4-6-13(7-5-12)21(19,20)15-2/h4-7,11,15-16H,3,8-10H2,1-2H3,(H,17,18). The monoisotopic (exact) mass is 314 g/mol. The largest absolute Gasteiger partial charge is 0.481 e. The quantitative estimate of drug-likeness (QED) is 0.647. The molecule has 21 heavy (non-hydrogen) atoms. The van der Waals surface area contributed by atoms with Crippen molar-refractivity contribution in [1.29, 1.82) is 0 Å². The first-order chi connectivity index (χ1) is 9.85. The van der Waals surface area contributed by atoms with Crippen LogP contribution in [0.15, 0.2) is 29.2 Å². The van der Waals surface area contributed by atoms with Gasteiger partial charge >= 0.3 is 5.97 Å². The third kappa shape index (κ3) is 6.14. The van der Waals surface area contributed by atoms with Gasteiger partial charge < -0.3 is 10.4 Å². The highest BCUT2D eigenvalue weighted by atomic mass is 32.2. The number of carboxylic acids is 1. The summed E-state index contributed by atoms with van der Waals surface area (Å²) in [4.78, 5) is 10.7. The van der Waals surface area contributed by atoms with Crippen LogP contribution in [-0.4, -0.2) is 33.1 Å². The molecule has 0 saturated heterocycles. The van der Waals surface area contributed by atoms with Crippen LogP contribution in [0.2, 0.25) is 0 Å². The molecule has 0 amide bonds. The first kappa shape index (κ1) is 17.5. The third-order valence-electron chi connectivity index (χ3n) is 3.25. The molecule has 0 bridgehead atoms. The minimum absolute atomic E-state index is 0.192. The summed E-state index contributed by atoms with van der Waals surface area (Å²) in [6, 6.07) is 6.52. The highest BCUT2D eigenvalue weighted by Crippen LogP contribution is 2.15. The number of rotatable bonds is 9. The molecule has 3 N–H and O–H groups in total. The normalized spacial score (nSPS) is 12.9. The van der Waals surface area contributed by atoms with Gasteiger partial charge in [0.15, 0.2) is 0 Å². The SMILES string of the molecule is CNS(=O)(=O)c1ccc(NCCC(C)CCC(=O)O)cc1. The van der Waals surface area contributed by atoms with Gasteiger partial charge in [0.05, 0.1) is 4.90 Å². The number of benzene rings is 1. The van der Waals surface area contributed by atoms with E-state index < -0.39 is 16.0 Å². The molecule has 6 nitrogen and oxygen atoms in total. The molecule has 7 heteroatoms. The van der Waals surface area contributed by atoms with E-state index in [0.717, 1.165) is 18.7 Å². The summed E-state index contributed by atoms with van der Waals surface area (Å²) in [5.41, 5.74) is 0.843. The van der Waals surface area contributed by atoms with Gasteiger partial charge in [-0.15, -0.1) is 0 Å². The fourth-order valence-corrected chi connectivity index (χ4v) is 2.58. The fourth-order valence-electron chi connectivity index (χ4n) is 1.85. The number of hydrogen-bond donors (Lipinski definition) is 3. The molecule has 0 aliphatic heterocycles. The second-order valence-corrected chi connectivity index (χ2v) is 6.87. The van der Waals surface area contributed by atoms with E-state index in [9.17, 15) is 13.2 Å². The lowest BCUT2D eigenvalue weighted by Crippen LogP contribution is -2.18. The number of anilines is 1. The molecule has 0 spiro atoms. The van der Waals surface area contributed by atoms with Gasteiger partial charge in [-0.05, 0) is 50.1 Å². The first-order valence-electron chi connectivity index (χ1n) is 6.84. The molecule has 0 heterocycles. The summed E-state index contributed by atoms with van der Waals surface area (Å²) in [6.07, 6.45) is 1.72. The zero-order chi connectivity index (χ0) is 15.9. The Balaban J connectivity index is 2.41. The van der Waals surface area contributed by atoms with E-state index >= 15 is 0 Å². The molecule has 0 aliphatic rings. The molecule has 118 valence electrons. The minimum atomic E-state index is -3.40. The second-order valence-electron chi connectivity index (χ2n) is 4.98. The molecule has 0 radical (unpaired) electrons. The smallest absolute Gasteiger partial charge is 0.303 e. The van der Waals surface area contributed by atoms with E-state index in [1.54, 1.807) is 24.3 Å². The van der Waals surface area contributed by atoms with Crippen molar-refractivity contribution in [2.75, 3.05) is 18.9 Å². The Labute approximate surface area is 125 Å². The Morgan fingerprint density at radius 3 is 2.38 bits per heavy atom. The van der Waals surface area contributed by atoms with Gasteiger partial charge in [-0.25, -0.2) is 13.1 Å². The number of carboxylic acid groups (broad SMARTS) is 1. The van der Waals surface area contributed by atoms with Gasteiger partial charge in [0.2, 0.25) is 10.0 Å². The molecule has 0 saturated carbocycles. The fraction of sp³-hybridized carbons (Fsp3) is 0.500. The second kappa shape index (κ2) is 7.99. The highest BCUT2D eigenvalue weighted by molar-refractivity contribution is 7.89. The summed E-state index contributed by atoms with van der Waals surface area (Å²) in [5.74, 6) is -0.436. The van der Waals surface area contributed by atoms with E-state index in [0.29, 0.717) is 12.3 Å². The zero-order valence-corrected chi connectivity index (χ0v) is 13.1. The summed E-state index contributed by atoms with van der Waals surface area (Å²) < 4.78 is 25.4.